The van der Waals surface area contributed by atoms with Crippen LogP contribution in [0.25, 0.3) is 10.6 Å². The molecular formula is C20H24F4N8O2S2. The van der Waals surface area contributed by atoms with Gasteiger partial charge in [0.2, 0.25) is 16.0 Å². The molecule has 4 heterocycles. The highest BCUT2D eigenvalue weighted by molar-refractivity contribution is 7.89. The molecule has 1 N–H and O–H groups in total. The molecular weight excluding hydrogens is 524 g/mol. The summed E-state index contributed by atoms with van der Waals surface area (Å²) in [6, 6.07) is -0.253. The van der Waals surface area contributed by atoms with Crippen LogP contribution in [0.15, 0.2) is 23.5 Å². The molecule has 0 amide bonds. The lowest BCUT2D eigenvalue weighted by atomic mass is 10.1. The van der Waals surface area contributed by atoms with E-state index in [9.17, 15) is 26.0 Å². The number of halogens is 4. The van der Waals surface area contributed by atoms with Gasteiger partial charge in [-0.25, -0.2) is 27.8 Å². The Morgan fingerprint density at radius 2 is 1.89 bits per heavy atom. The molecule has 0 bridgehead atoms. The summed E-state index contributed by atoms with van der Waals surface area (Å²) >= 11 is 0.728. The summed E-state index contributed by atoms with van der Waals surface area (Å²) in [7, 11) is 1.32. The van der Waals surface area contributed by atoms with Gasteiger partial charge in [-0.05, 0) is 26.9 Å². The molecule has 0 spiro atoms. The van der Waals surface area contributed by atoms with E-state index in [1.54, 1.807) is 26.0 Å². The van der Waals surface area contributed by atoms with Crippen molar-refractivity contribution in [3.63, 3.8) is 0 Å². The average molecular weight is 549 g/mol. The maximum absolute atomic E-state index is 14.6. The minimum absolute atomic E-state index is 0.0457. The Kier molecular flexibility index (Phi) is 7.32. The summed E-state index contributed by atoms with van der Waals surface area (Å²) in [4.78, 5) is 12.9. The second-order valence-corrected chi connectivity index (χ2v) is 11.6. The number of rotatable bonds is 7. The number of hydrogen-bond acceptors (Lipinski definition) is 9. The smallest absolute Gasteiger partial charge is 0.351 e. The van der Waals surface area contributed by atoms with E-state index in [-0.39, 0.29) is 41.5 Å². The summed E-state index contributed by atoms with van der Waals surface area (Å²) in [6.45, 7) is 0.583. The molecule has 0 radical (unpaired) electrons. The van der Waals surface area contributed by atoms with Gasteiger partial charge in [0, 0.05) is 38.9 Å². The third kappa shape index (κ3) is 5.66. The number of aryl methyl sites for hydroxylation is 1. The Morgan fingerprint density at radius 1 is 1.19 bits per heavy atom. The molecule has 0 aliphatic carbocycles. The van der Waals surface area contributed by atoms with Gasteiger partial charge in [-0.3, -0.25) is 4.68 Å². The van der Waals surface area contributed by atoms with Crippen LogP contribution in [0.4, 0.5) is 23.5 Å². The van der Waals surface area contributed by atoms with E-state index < -0.39 is 38.3 Å². The zero-order valence-electron chi connectivity index (χ0n) is 19.6. The Balaban J connectivity index is 1.51. The fraction of sp³-hybridized carbons (Fsp3) is 0.500. The number of sulfonamides is 1. The van der Waals surface area contributed by atoms with Crippen molar-refractivity contribution >= 4 is 27.3 Å². The predicted molar refractivity (Wildman–Crippen MR) is 124 cm³/mol. The van der Waals surface area contributed by atoms with Crippen LogP contribution in [-0.2, 0) is 29.8 Å². The van der Waals surface area contributed by atoms with Crippen LogP contribution in [0.2, 0.25) is 0 Å². The number of aromatic nitrogens is 5. The number of nitrogens with zero attached hydrogens (tertiary/aromatic N) is 7. The van der Waals surface area contributed by atoms with Gasteiger partial charge < -0.3 is 10.2 Å². The highest BCUT2D eigenvalue weighted by atomic mass is 32.2. The third-order valence-corrected chi connectivity index (χ3v) is 8.36. The van der Waals surface area contributed by atoms with Gasteiger partial charge in [-0.2, -0.15) is 22.6 Å². The van der Waals surface area contributed by atoms with Crippen LogP contribution < -0.4 is 5.32 Å². The van der Waals surface area contributed by atoms with Crippen LogP contribution in [0.3, 0.4) is 0 Å². The van der Waals surface area contributed by atoms with Crippen molar-refractivity contribution in [1.29, 1.82) is 0 Å². The zero-order valence-corrected chi connectivity index (χ0v) is 21.3. The first kappa shape index (κ1) is 26.4. The van der Waals surface area contributed by atoms with Crippen LogP contribution >= 0.6 is 11.3 Å². The quantitative estimate of drug-likeness (QED) is 0.449. The van der Waals surface area contributed by atoms with E-state index in [0.717, 1.165) is 17.5 Å². The molecule has 36 heavy (non-hydrogen) atoms. The molecule has 1 aliphatic heterocycles. The maximum atomic E-state index is 14.6. The molecule has 3 aromatic rings. The Bertz CT molecular complexity index is 1330. The van der Waals surface area contributed by atoms with Gasteiger partial charge in [0.05, 0.1) is 17.3 Å². The van der Waals surface area contributed by atoms with Crippen LogP contribution in [0.1, 0.15) is 23.5 Å². The van der Waals surface area contributed by atoms with Crippen molar-refractivity contribution in [1.82, 2.24) is 33.9 Å². The van der Waals surface area contributed by atoms with Gasteiger partial charge in [-0.15, -0.1) is 11.3 Å². The first-order valence-corrected chi connectivity index (χ1v) is 13.1. The van der Waals surface area contributed by atoms with Crippen molar-refractivity contribution < 1.29 is 26.0 Å². The molecule has 0 aromatic carbocycles. The van der Waals surface area contributed by atoms with Crippen LogP contribution in [0, 0.1) is 5.82 Å². The molecule has 16 heteroatoms. The van der Waals surface area contributed by atoms with Crippen molar-refractivity contribution in [2.24, 2.45) is 7.05 Å². The van der Waals surface area contributed by atoms with Crippen molar-refractivity contribution in [2.45, 2.75) is 36.5 Å². The first-order chi connectivity index (χ1) is 16.8. The molecule has 1 aliphatic rings. The SMILES string of the molecule is CN(C)Cc1nc(C(F)(F)F)c(-c2nc(NC3CCN(S(=O)(=O)c4cnn(C)c4)CC3)ncc2F)s1. The van der Waals surface area contributed by atoms with E-state index in [1.807, 2.05) is 0 Å². The summed E-state index contributed by atoms with van der Waals surface area (Å²) in [6.07, 6.45) is -0.460. The van der Waals surface area contributed by atoms with Gasteiger partial charge >= 0.3 is 6.18 Å². The number of hydrogen-bond donors (Lipinski definition) is 1. The van der Waals surface area contributed by atoms with E-state index in [1.165, 1.54) is 21.4 Å². The topological polar surface area (TPSA) is 109 Å². The lowest BCUT2D eigenvalue weighted by Crippen LogP contribution is -2.42. The van der Waals surface area contributed by atoms with Gasteiger partial charge in [0.1, 0.15) is 15.6 Å². The zero-order chi connectivity index (χ0) is 26.3. The van der Waals surface area contributed by atoms with E-state index in [4.69, 9.17) is 0 Å². The van der Waals surface area contributed by atoms with E-state index >= 15 is 0 Å². The summed E-state index contributed by atoms with van der Waals surface area (Å²) in [5.41, 5.74) is -1.68. The van der Waals surface area contributed by atoms with Gasteiger partial charge in [-0.1, -0.05) is 0 Å². The second kappa shape index (κ2) is 9.99. The Hall–Kier alpha value is -2.69. The van der Waals surface area contributed by atoms with E-state index in [2.05, 4.69) is 25.4 Å². The monoisotopic (exact) mass is 548 g/mol. The third-order valence-electron chi connectivity index (χ3n) is 5.46. The van der Waals surface area contributed by atoms with E-state index in [0.29, 0.717) is 12.8 Å². The Labute approximate surface area is 209 Å². The normalized spacial score (nSPS) is 16.1. The largest absolute Gasteiger partial charge is 0.434 e. The van der Waals surface area contributed by atoms with Crippen molar-refractivity contribution in [3.05, 3.63) is 35.1 Å². The lowest BCUT2D eigenvalue weighted by Gasteiger charge is -2.31. The number of thiazole rings is 1. The fourth-order valence-corrected chi connectivity index (χ4v) is 6.40. The molecule has 3 aromatic heterocycles. The summed E-state index contributed by atoms with van der Waals surface area (Å²) in [5.74, 6) is -1.04. The van der Waals surface area contributed by atoms with Gasteiger partial charge in [0.15, 0.2) is 11.5 Å². The summed E-state index contributed by atoms with van der Waals surface area (Å²) < 4.78 is 83.8. The van der Waals surface area contributed by atoms with Crippen LogP contribution in [-0.4, -0.2) is 75.6 Å². The second-order valence-electron chi connectivity index (χ2n) is 8.58. The van der Waals surface area contributed by atoms with Gasteiger partial charge in [0.25, 0.3) is 0 Å². The number of piperidine rings is 1. The molecule has 0 saturated carbocycles. The van der Waals surface area contributed by atoms with Crippen molar-refractivity contribution in [2.75, 3.05) is 32.5 Å². The summed E-state index contributed by atoms with van der Waals surface area (Å²) in [5, 5.41) is 7.08. The molecule has 0 unspecified atom stereocenters. The standard InChI is InChI=1S/C20H24F4N8O2S2/c1-30(2)11-15-28-18(20(22,23)24)17(35-15)16-14(21)9-25-19(29-16)27-12-4-6-32(7-5-12)36(33,34)13-8-26-31(3)10-13/h8-10,12H,4-7,11H2,1-3H3,(H,25,27,29). The fourth-order valence-electron chi connectivity index (χ4n) is 3.76. The van der Waals surface area contributed by atoms with Crippen LogP contribution in [0.5, 0.6) is 0 Å². The molecule has 1 saturated heterocycles. The minimum atomic E-state index is -4.78. The number of nitrogens with one attached hydrogen (secondary N) is 1. The minimum Gasteiger partial charge on any atom is -0.351 e. The predicted octanol–water partition coefficient (Wildman–Crippen LogP) is 2.82. The molecule has 4 rings (SSSR count). The first-order valence-electron chi connectivity index (χ1n) is 10.8. The van der Waals surface area contributed by atoms with Crippen molar-refractivity contribution in [3.8, 4) is 10.6 Å². The molecule has 196 valence electrons. The average Bonchev–Trinajstić information content (AvgIpc) is 3.42. The maximum Gasteiger partial charge on any atom is 0.434 e. The highest BCUT2D eigenvalue weighted by Crippen LogP contribution is 2.41. The molecule has 0 atom stereocenters. The Morgan fingerprint density at radius 3 is 2.47 bits per heavy atom. The highest BCUT2D eigenvalue weighted by Gasteiger charge is 2.39. The molecule has 10 nitrogen and oxygen atoms in total. The lowest BCUT2D eigenvalue weighted by molar-refractivity contribution is -0.140. The number of alkyl halides is 3. The number of anilines is 1. The molecule has 1 fully saturated rings.